The average molecular weight is 586 g/mol. The Bertz CT molecular complexity index is 1070. The van der Waals surface area contributed by atoms with Gasteiger partial charge in [0, 0.05) is 56.7 Å². The Morgan fingerprint density at radius 3 is 1.90 bits per heavy atom. The van der Waals surface area contributed by atoms with Gasteiger partial charge >= 0.3 is 24.3 Å². The van der Waals surface area contributed by atoms with Crippen LogP contribution in [0.3, 0.4) is 0 Å². The molecule has 10 nitrogen and oxygen atoms in total. The number of carbonyl (C=O) groups is 3. The van der Waals surface area contributed by atoms with Crippen molar-refractivity contribution in [2.45, 2.75) is 37.3 Å². The number of likely N-dealkylation sites (N-methyl/N-ethyl adjacent to an activating group) is 1. The third-order valence-corrected chi connectivity index (χ3v) is 6.84. The molecule has 2 saturated heterocycles. The molecule has 216 valence electrons. The van der Waals surface area contributed by atoms with Crippen LogP contribution >= 0.6 is 11.3 Å². The lowest BCUT2D eigenvalue weighted by Gasteiger charge is -2.51. The summed E-state index contributed by atoms with van der Waals surface area (Å²) in [6.07, 6.45) is -3.03. The Hall–Kier alpha value is -3.47. The number of hydrogen-bond donors (Lipinski definition) is 2. The highest BCUT2D eigenvalue weighted by Crippen LogP contribution is 2.35. The number of piperidine rings is 1. The summed E-state index contributed by atoms with van der Waals surface area (Å²) in [5, 5.41) is 17.3. The first-order chi connectivity index (χ1) is 18.1. The zero-order valence-corrected chi connectivity index (χ0v) is 21.3. The number of anilines is 1. The lowest BCUT2D eigenvalue weighted by Crippen LogP contribution is -2.67. The molecule has 4 rings (SSSR count). The number of carboxylic acids is 2. The van der Waals surface area contributed by atoms with Crippen LogP contribution in [0, 0.1) is 0 Å². The zero-order valence-electron chi connectivity index (χ0n) is 20.4. The van der Waals surface area contributed by atoms with Crippen molar-refractivity contribution < 1.29 is 50.9 Å². The second-order valence-electron chi connectivity index (χ2n) is 8.44. The first-order valence-corrected chi connectivity index (χ1v) is 12.1. The minimum atomic E-state index is -5.08. The highest BCUT2D eigenvalue weighted by molar-refractivity contribution is 7.13. The average Bonchev–Trinajstić information content (AvgIpc) is 3.40. The maximum atomic E-state index is 13.3. The molecule has 1 spiro atoms. The molecule has 4 heterocycles. The van der Waals surface area contributed by atoms with E-state index >= 15 is 0 Å². The molecule has 0 saturated carbocycles. The minimum Gasteiger partial charge on any atom is -0.475 e. The quantitative estimate of drug-likeness (QED) is 0.523. The van der Waals surface area contributed by atoms with Crippen LogP contribution in [-0.4, -0.2) is 98.9 Å². The number of aromatic nitrogens is 2. The van der Waals surface area contributed by atoms with Crippen molar-refractivity contribution in [3.8, 4) is 0 Å². The van der Waals surface area contributed by atoms with E-state index in [0.717, 1.165) is 49.7 Å². The number of amides is 1. The van der Waals surface area contributed by atoms with Crippen molar-refractivity contribution in [2.75, 3.05) is 38.1 Å². The largest absolute Gasteiger partial charge is 0.490 e. The van der Waals surface area contributed by atoms with E-state index in [0.29, 0.717) is 6.54 Å². The lowest BCUT2D eigenvalue weighted by molar-refractivity contribution is -0.193. The molecule has 2 aliphatic heterocycles. The number of rotatable bonds is 3. The number of halogens is 6. The summed E-state index contributed by atoms with van der Waals surface area (Å²) in [5.41, 5.74) is 0.780. The van der Waals surface area contributed by atoms with Gasteiger partial charge in [0.15, 0.2) is 5.13 Å². The maximum absolute atomic E-state index is 13.3. The van der Waals surface area contributed by atoms with Gasteiger partial charge in [-0.2, -0.15) is 26.3 Å². The number of carboxylic acid groups (broad SMARTS) is 2. The van der Waals surface area contributed by atoms with Crippen LogP contribution < -0.4 is 4.90 Å². The van der Waals surface area contributed by atoms with Crippen LogP contribution in [-0.2, 0) is 20.9 Å². The van der Waals surface area contributed by atoms with Gasteiger partial charge in [-0.15, -0.1) is 11.3 Å². The van der Waals surface area contributed by atoms with E-state index in [9.17, 15) is 31.1 Å². The van der Waals surface area contributed by atoms with Crippen LogP contribution in [0.15, 0.2) is 36.1 Å². The van der Waals surface area contributed by atoms with E-state index in [-0.39, 0.29) is 11.4 Å². The standard InChI is InChI=1S/C18H23N5OS.2C2HF3O2/c1-21-11-12-23(14-15-2-6-19-7-3-15)16(24)18(21)4-9-22(10-5-18)17-20-8-13-25-17;2*3-2(4,5)1(6)7/h2-3,6-8,13H,4-5,9-12,14H2,1H3;2*(H,6,7). The molecular weight excluding hydrogens is 560 g/mol. The molecule has 39 heavy (non-hydrogen) atoms. The Balaban J connectivity index is 0.000000317. The summed E-state index contributed by atoms with van der Waals surface area (Å²) < 4.78 is 63.5. The molecule has 0 bridgehead atoms. The minimum absolute atomic E-state index is 0.275. The molecule has 2 aromatic rings. The lowest BCUT2D eigenvalue weighted by atomic mass is 9.83. The topological polar surface area (TPSA) is 127 Å². The van der Waals surface area contributed by atoms with Gasteiger partial charge in [-0.3, -0.25) is 14.7 Å². The SMILES string of the molecule is CN1CCN(Cc2ccncc2)C(=O)C12CCN(c1nccs1)CC2.O=C(O)C(F)(F)F.O=C(O)C(F)(F)F. The van der Waals surface area contributed by atoms with Gasteiger partial charge in [-0.25, -0.2) is 14.6 Å². The van der Waals surface area contributed by atoms with Crippen molar-refractivity contribution in [1.82, 2.24) is 19.8 Å². The molecule has 2 aliphatic rings. The van der Waals surface area contributed by atoms with Gasteiger partial charge in [-0.1, -0.05) is 0 Å². The highest BCUT2D eigenvalue weighted by atomic mass is 32.1. The monoisotopic (exact) mass is 585 g/mol. The molecule has 0 radical (unpaired) electrons. The third kappa shape index (κ3) is 8.77. The predicted molar refractivity (Wildman–Crippen MR) is 126 cm³/mol. The van der Waals surface area contributed by atoms with Gasteiger partial charge in [0.2, 0.25) is 5.91 Å². The summed E-state index contributed by atoms with van der Waals surface area (Å²) in [6, 6.07) is 3.98. The number of alkyl halides is 6. The van der Waals surface area contributed by atoms with Crippen LogP contribution in [0.2, 0.25) is 0 Å². The van der Waals surface area contributed by atoms with Gasteiger partial charge in [0.05, 0.1) is 0 Å². The molecule has 0 aromatic carbocycles. The van der Waals surface area contributed by atoms with Crippen LogP contribution in [0.4, 0.5) is 31.5 Å². The van der Waals surface area contributed by atoms with Gasteiger partial charge in [0.25, 0.3) is 0 Å². The van der Waals surface area contributed by atoms with Gasteiger partial charge in [0.1, 0.15) is 5.54 Å². The molecule has 2 aromatic heterocycles. The first kappa shape index (κ1) is 31.7. The number of piperazine rings is 1. The number of hydrogen-bond acceptors (Lipinski definition) is 8. The molecule has 0 unspecified atom stereocenters. The number of aliphatic carboxylic acids is 2. The van der Waals surface area contributed by atoms with E-state index in [2.05, 4.69) is 26.8 Å². The van der Waals surface area contributed by atoms with Crippen molar-refractivity contribution in [3.63, 3.8) is 0 Å². The van der Waals surface area contributed by atoms with Crippen molar-refractivity contribution >= 4 is 34.3 Å². The van der Waals surface area contributed by atoms with E-state index in [1.165, 1.54) is 0 Å². The Labute approximate surface area is 222 Å². The van der Waals surface area contributed by atoms with Crippen LogP contribution in [0.25, 0.3) is 0 Å². The molecule has 2 fully saturated rings. The fraction of sp³-hybridized carbons (Fsp3) is 0.500. The second kappa shape index (κ2) is 13.1. The van der Waals surface area contributed by atoms with E-state index in [1.54, 1.807) is 23.7 Å². The normalized spacial score (nSPS) is 17.6. The fourth-order valence-electron chi connectivity index (χ4n) is 3.94. The summed E-state index contributed by atoms with van der Waals surface area (Å²) >= 11 is 1.67. The Morgan fingerprint density at radius 1 is 0.949 bits per heavy atom. The molecular formula is C22H25F6N5O5S. The van der Waals surface area contributed by atoms with E-state index in [4.69, 9.17) is 19.8 Å². The zero-order chi connectivity index (χ0) is 29.4. The predicted octanol–water partition coefficient (Wildman–Crippen LogP) is 3.12. The second-order valence-corrected chi connectivity index (χ2v) is 9.32. The molecule has 2 N–H and O–H groups in total. The summed E-state index contributed by atoms with van der Waals surface area (Å²) in [4.78, 5) is 46.2. The van der Waals surface area contributed by atoms with Crippen molar-refractivity contribution in [2.24, 2.45) is 0 Å². The van der Waals surface area contributed by atoms with E-state index < -0.39 is 24.3 Å². The Kier molecular flexibility index (Phi) is 10.6. The maximum Gasteiger partial charge on any atom is 0.490 e. The van der Waals surface area contributed by atoms with E-state index in [1.807, 2.05) is 28.6 Å². The van der Waals surface area contributed by atoms with Crippen molar-refractivity contribution in [1.29, 1.82) is 0 Å². The number of carbonyl (C=O) groups excluding carboxylic acids is 1. The first-order valence-electron chi connectivity index (χ1n) is 11.2. The summed E-state index contributed by atoms with van der Waals surface area (Å²) in [6.45, 7) is 4.15. The smallest absolute Gasteiger partial charge is 0.475 e. The summed E-state index contributed by atoms with van der Waals surface area (Å²) in [5.74, 6) is -5.24. The fourth-order valence-corrected chi connectivity index (χ4v) is 4.64. The Morgan fingerprint density at radius 2 is 1.46 bits per heavy atom. The molecule has 0 aliphatic carbocycles. The molecule has 1 amide bonds. The van der Waals surface area contributed by atoms with Gasteiger partial charge in [-0.05, 0) is 37.6 Å². The van der Waals surface area contributed by atoms with Crippen LogP contribution in [0.1, 0.15) is 18.4 Å². The number of nitrogens with zero attached hydrogens (tertiary/aromatic N) is 5. The van der Waals surface area contributed by atoms with Gasteiger partial charge < -0.3 is 20.0 Å². The number of pyridine rings is 1. The van der Waals surface area contributed by atoms with Crippen LogP contribution in [0.5, 0.6) is 0 Å². The molecule has 0 atom stereocenters. The third-order valence-electron chi connectivity index (χ3n) is 6.01. The van der Waals surface area contributed by atoms with Crippen molar-refractivity contribution in [3.05, 3.63) is 41.7 Å². The molecule has 17 heteroatoms. The highest BCUT2D eigenvalue weighted by Gasteiger charge is 2.49. The number of thiazole rings is 1. The summed E-state index contributed by atoms with van der Waals surface area (Å²) in [7, 11) is 2.10.